The van der Waals surface area contributed by atoms with Crippen molar-refractivity contribution in [3.8, 4) is 0 Å². The molecule has 2 atom stereocenters. The fraction of sp³-hybridized carbons (Fsp3) is 0.533. The Bertz CT molecular complexity index is 527. The topological polar surface area (TPSA) is 17.1 Å². The Morgan fingerprint density at radius 2 is 2.00 bits per heavy atom. The number of hydrogen-bond acceptors (Lipinski definition) is 1. The highest BCUT2D eigenvalue weighted by Gasteiger charge is 2.43. The highest BCUT2D eigenvalue weighted by molar-refractivity contribution is 9.10. The largest absolute Gasteiger partial charge is 0.391 e. The van der Waals surface area contributed by atoms with Crippen LogP contribution < -0.4 is 0 Å². The van der Waals surface area contributed by atoms with Gasteiger partial charge in [-0.2, -0.15) is 13.2 Å². The van der Waals surface area contributed by atoms with Crippen molar-refractivity contribution < 1.29 is 22.4 Å². The first-order valence-corrected chi connectivity index (χ1v) is 7.60. The van der Waals surface area contributed by atoms with Gasteiger partial charge in [-0.25, -0.2) is 4.39 Å². The molecule has 0 bridgehead atoms. The van der Waals surface area contributed by atoms with Crippen LogP contribution in [0.2, 0.25) is 0 Å². The first-order valence-electron chi connectivity index (χ1n) is 6.81. The molecule has 1 saturated carbocycles. The van der Waals surface area contributed by atoms with Crippen LogP contribution in [0.4, 0.5) is 17.6 Å². The number of carbonyl (C=O) groups is 1. The molecule has 0 amide bonds. The maximum absolute atomic E-state index is 13.4. The van der Waals surface area contributed by atoms with Crippen LogP contribution in [0.1, 0.15) is 31.2 Å². The molecule has 0 spiro atoms. The lowest BCUT2D eigenvalue weighted by Crippen LogP contribution is -2.32. The summed E-state index contributed by atoms with van der Waals surface area (Å²) in [5, 5.41) is 0. The van der Waals surface area contributed by atoms with E-state index in [2.05, 4.69) is 15.9 Å². The van der Waals surface area contributed by atoms with Gasteiger partial charge in [0.25, 0.3) is 0 Å². The monoisotopic (exact) mass is 366 g/mol. The maximum atomic E-state index is 13.4. The van der Waals surface area contributed by atoms with Gasteiger partial charge >= 0.3 is 6.18 Å². The van der Waals surface area contributed by atoms with Gasteiger partial charge in [-0.15, -0.1) is 0 Å². The number of benzene rings is 1. The van der Waals surface area contributed by atoms with Crippen LogP contribution in [0.25, 0.3) is 0 Å². The molecule has 0 heterocycles. The molecule has 116 valence electrons. The average Bonchev–Trinajstić information content (AvgIpc) is 2.43. The molecule has 1 aliphatic rings. The molecule has 0 aromatic heterocycles. The van der Waals surface area contributed by atoms with Crippen LogP contribution in [0.3, 0.4) is 0 Å². The molecular weight excluding hydrogens is 352 g/mol. The van der Waals surface area contributed by atoms with Crippen molar-refractivity contribution in [3.05, 3.63) is 34.1 Å². The van der Waals surface area contributed by atoms with Gasteiger partial charge in [0.15, 0.2) is 0 Å². The summed E-state index contributed by atoms with van der Waals surface area (Å²) in [6, 6.07) is 4.36. The number of Topliss-reactive ketones (excluding diaryl/α,β-unsaturated/α-hetero) is 1. The van der Waals surface area contributed by atoms with E-state index in [-0.39, 0.29) is 29.5 Å². The van der Waals surface area contributed by atoms with Crippen LogP contribution in [-0.4, -0.2) is 12.0 Å². The summed E-state index contributed by atoms with van der Waals surface area (Å²) in [5.41, 5.74) is 0.481. The lowest BCUT2D eigenvalue weighted by atomic mass is 9.78. The Morgan fingerprint density at radius 1 is 1.29 bits per heavy atom. The van der Waals surface area contributed by atoms with Gasteiger partial charge in [-0.3, -0.25) is 4.79 Å². The summed E-state index contributed by atoms with van der Waals surface area (Å²) in [6.07, 6.45) is -3.43. The van der Waals surface area contributed by atoms with Crippen molar-refractivity contribution in [2.75, 3.05) is 0 Å². The molecule has 1 aromatic rings. The summed E-state index contributed by atoms with van der Waals surface area (Å²) >= 11 is 3.07. The van der Waals surface area contributed by atoms with Gasteiger partial charge < -0.3 is 0 Å². The van der Waals surface area contributed by atoms with E-state index in [1.54, 1.807) is 6.07 Å². The number of alkyl halides is 3. The molecule has 2 unspecified atom stereocenters. The van der Waals surface area contributed by atoms with E-state index < -0.39 is 23.8 Å². The zero-order valence-corrected chi connectivity index (χ0v) is 12.8. The summed E-state index contributed by atoms with van der Waals surface area (Å²) in [6.45, 7) is 0. The minimum absolute atomic E-state index is 0.0341. The van der Waals surface area contributed by atoms with E-state index in [1.165, 1.54) is 12.1 Å². The third-order valence-electron chi connectivity index (χ3n) is 3.99. The lowest BCUT2D eigenvalue weighted by Gasteiger charge is -2.29. The lowest BCUT2D eigenvalue weighted by molar-refractivity contribution is -0.186. The van der Waals surface area contributed by atoms with E-state index in [0.29, 0.717) is 18.4 Å². The van der Waals surface area contributed by atoms with Crippen molar-refractivity contribution in [3.63, 3.8) is 0 Å². The number of halogens is 5. The van der Waals surface area contributed by atoms with E-state index in [4.69, 9.17) is 0 Å². The van der Waals surface area contributed by atoms with Crippen molar-refractivity contribution in [2.24, 2.45) is 11.8 Å². The van der Waals surface area contributed by atoms with Crippen LogP contribution >= 0.6 is 15.9 Å². The van der Waals surface area contributed by atoms with Crippen molar-refractivity contribution in [2.45, 2.75) is 38.3 Å². The van der Waals surface area contributed by atoms with Crippen molar-refractivity contribution in [1.82, 2.24) is 0 Å². The molecule has 2 rings (SSSR count). The molecule has 21 heavy (non-hydrogen) atoms. The molecule has 1 fully saturated rings. The standard InChI is InChI=1S/C15H15BrF4O/c16-14-10(4-2-6-12(14)17)8-13(21)9-3-1-5-11(7-9)15(18,19)20/h2,4,6,9,11H,1,3,5,7-8H2. The molecule has 1 aliphatic carbocycles. The summed E-state index contributed by atoms with van der Waals surface area (Å²) < 4.78 is 51.9. The second-order valence-corrected chi connectivity index (χ2v) is 6.25. The molecular formula is C15H15BrF4O. The smallest absolute Gasteiger partial charge is 0.299 e. The Morgan fingerprint density at radius 3 is 2.67 bits per heavy atom. The highest BCUT2D eigenvalue weighted by atomic mass is 79.9. The molecule has 1 aromatic carbocycles. The Kier molecular flexibility index (Phi) is 5.07. The third kappa shape index (κ3) is 4.05. The first-order chi connectivity index (χ1) is 9.79. The van der Waals surface area contributed by atoms with Crippen molar-refractivity contribution >= 4 is 21.7 Å². The van der Waals surface area contributed by atoms with Gasteiger partial charge in [0.2, 0.25) is 0 Å². The Balaban J connectivity index is 2.05. The van der Waals surface area contributed by atoms with Crippen molar-refractivity contribution in [1.29, 1.82) is 0 Å². The molecule has 0 saturated heterocycles. The van der Waals surface area contributed by atoms with E-state index in [0.717, 1.165) is 0 Å². The minimum atomic E-state index is -4.24. The molecule has 0 radical (unpaired) electrons. The predicted molar refractivity (Wildman–Crippen MR) is 74.3 cm³/mol. The Labute approximate surface area is 128 Å². The van der Waals surface area contributed by atoms with E-state index >= 15 is 0 Å². The number of hydrogen-bond donors (Lipinski definition) is 0. The molecule has 6 heteroatoms. The van der Waals surface area contributed by atoms with Crippen LogP contribution in [0.15, 0.2) is 22.7 Å². The maximum Gasteiger partial charge on any atom is 0.391 e. The number of rotatable bonds is 3. The van der Waals surface area contributed by atoms with Gasteiger partial charge in [-0.1, -0.05) is 18.6 Å². The fourth-order valence-corrected chi connectivity index (χ4v) is 3.20. The fourth-order valence-electron chi connectivity index (χ4n) is 2.80. The van der Waals surface area contributed by atoms with Gasteiger partial charge in [0.05, 0.1) is 10.4 Å². The third-order valence-corrected chi connectivity index (χ3v) is 4.88. The number of carbonyl (C=O) groups excluding carboxylic acids is 1. The van der Waals surface area contributed by atoms with E-state index in [1.807, 2.05) is 0 Å². The summed E-state index contributed by atoms with van der Waals surface area (Å²) in [5.74, 6) is -2.69. The molecule has 1 nitrogen and oxygen atoms in total. The van der Waals surface area contributed by atoms with E-state index in [9.17, 15) is 22.4 Å². The highest BCUT2D eigenvalue weighted by Crippen LogP contribution is 2.40. The van der Waals surface area contributed by atoms with Crippen LogP contribution in [0.5, 0.6) is 0 Å². The average molecular weight is 367 g/mol. The number of ketones is 1. The van der Waals surface area contributed by atoms with Crippen LogP contribution in [-0.2, 0) is 11.2 Å². The van der Waals surface area contributed by atoms with Gasteiger partial charge in [0, 0.05) is 12.3 Å². The summed E-state index contributed by atoms with van der Waals surface area (Å²) in [4.78, 5) is 12.2. The quantitative estimate of drug-likeness (QED) is 0.682. The predicted octanol–water partition coefficient (Wildman–Crippen LogP) is 5.07. The van der Waals surface area contributed by atoms with Gasteiger partial charge in [-0.05, 0) is 46.8 Å². The second-order valence-electron chi connectivity index (χ2n) is 5.46. The summed E-state index contributed by atoms with van der Waals surface area (Å²) in [7, 11) is 0. The normalized spacial score (nSPS) is 23.1. The van der Waals surface area contributed by atoms with Gasteiger partial charge in [0.1, 0.15) is 11.6 Å². The first kappa shape index (κ1) is 16.5. The zero-order valence-electron chi connectivity index (χ0n) is 11.2. The van der Waals surface area contributed by atoms with Crippen LogP contribution in [0, 0.1) is 17.7 Å². The zero-order chi connectivity index (χ0) is 15.6. The molecule has 0 aliphatic heterocycles. The second kappa shape index (κ2) is 6.46. The Hall–Kier alpha value is -0.910. The molecule has 0 N–H and O–H groups in total. The SMILES string of the molecule is O=C(Cc1cccc(F)c1Br)C1CCCC(C(F)(F)F)C1. The minimum Gasteiger partial charge on any atom is -0.299 e.